The Morgan fingerprint density at radius 2 is 2.33 bits per heavy atom. The van der Waals surface area contributed by atoms with Crippen LogP contribution in [-0.2, 0) is 0 Å². The molecule has 3 rings (SSSR count). The Labute approximate surface area is 106 Å². The van der Waals surface area contributed by atoms with E-state index >= 15 is 0 Å². The Morgan fingerprint density at radius 1 is 1.44 bits per heavy atom. The summed E-state index contributed by atoms with van der Waals surface area (Å²) < 4.78 is 10.6. The van der Waals surface area contributed by atoms with E-state index in [1.54, 1.807) is 6.26 Å². The zero-order valence-corrected chi connectivity index (χ0v) is 10.6. The van der Waals surface area contributed by atoms with Gasteiger partial charge in [-0.2, -0.15) is 4.98 Å². The first kappa shape index (κ1) is 11.5. The number of rotatable bonds is 2. The molecule has 0 radical (unpaired) electrons. The fraction of sp³-hybridized carbons (Fsp3) is 0.538. The third-order valence-electron chi connectivity index (χ3n) is 3.56. The summed E-state index contributed by atoms with van der Waals surface area (Å²) in [5.41, 5.74) is 0.130. The molecule has 0 bridgehead atoms. The van der Waals surface area contributed by atoms with Gasteiger partial charge >= 0.3 is 0 Å². The average Bonchev–Trinajstić information content (AvgIpc) is 2.99. The van der Waals surface area contributed by atoms with Crippen molar-refractivity contribution in [3.8, 4) is 11.6 Å². The summed E-state index contributed by atoms with van der Waals surface area (Å²) in [6.07, 6.45) is 3.94. The normalized spacial score (nSPS) is 23.1. The molecule has 1 N–H and O–H groups in total. The van der Waals surface area contributed by atoms with Gasteiger partial charge in [0.1, 0.15) is 0 Å². The van der Waals surface area contributed by atoms with E-state index in [0.29, 0.717) is 17.5 Å². The summed E-state index contributed by atoms with van der Waals surface area (Å²) in [7, 11) is 0. The fourth-order valence-electron chi connectivity index (χ4n) is 2.49. The Balaban J connectivity index is 1.89. The third-order valence-corrected chi connectivity index (χ3v) is 3.56. The van der Waals surface area contributed by atoms with Gasteiger partial charge in [0.15, 0.2) is 5.76 Å². The Bertz CT molecular complexity index is 516. The minimum absolute atomic E-state index is 0.113. The van der Waals surface area contributed by atoms with Crippen molar-refractivity contribution in [3.05, 3.63) is 24.3 Å². The lowest BCUT2D eigenvalue weighted by atomic mass is 9.77. The first-order valence-electron chi connectivity index (χ1n) is 6.28. The number of hydrogen-bond acceptors (Lipinski definition) is 5. The molecule has 1 fully saturated rings. The maximum absolute atomic E-state index is 5.38. The summed E-state index contributed by atoms with van der Waals surface area (Å²) in [4.78, 5) is 4.44. The maximum atomic E-state index is 5.38. The van der Waals surface area contributed by atoms with Crippen LogP contribution in [0, 0.1) is 5.41 Å². The molecule has 3 heterocycles. The maximum Gasteiger partial charge on any atom is 0.244 e. The van der Waals surface area contributed by atoms with Crippen LogP contribution >= 0.6 is 0 Å². The zero-order valence-electron chi connectivity index (χ0n) is 10.6. The highest BCUT2D eigenvalue weighted by Crippen LogP contribution is 2.39. The molecule has 0 aromatic carbocycles. The zero-order chi connectivity index (χ0) is 12.6. The second-order valence-corrected chi connectivity index (χ2v) is 5.41. The molecule has 1 atom stereocenters. The van der Waals surface area contributed by atoms with Crippen LogP contribution < -0.4 is 5.32 Å². The van der Waals surface area contributed by atoms with Gasteiger partial charge < -0.3 is 14.3 Å². The van der Waals surface area contributed by atoms with Crippen LogP contribution in [0.2, 0.25) is 0 Å². The van der Waals surface area contributed by atoms with Gasteiger partial charge in [-0.15, -0.1) is 0 Å². The van der Waals surface area contributed by atoms with Gasteiger partial charge in [-0.3, -0.25) is 0 Å². The molecule has 5 nitrogen and oxygen atoms in total. The molecule has 2 aromatic heterocycles. The Morgan fingerprint density at radius 3 is 3.06 bits per heavy atom. The van der Waals surface area contributed by atoms with Crippen LogP contribution in [0.15, 0.2) is 27.3 Å². The molecule has 0 spiro atoms. The molecule has 5 heteroatoms. The van der Waals surface area contributed by atoms with Crippen molar-refractivity contribution in [2.75, 3.05) is 6.54 Å². The molecule has 2 aromatic rings. The van der Waals surface area contributed by atoms with Crippen molar-refractivity contribution in [3.63, 3.8) is 0 Å². The predicted molar refractivity (Wildman–Crippen MR) is 65.8 cm³/mol. The van der Waals surface area contributed by atoms with E-state index in [-0.39, 0.29) is 11.5 Å². The molecular formula is C13H17N3O2. The standard InChI is InChI=1S/C13H17N3O2/c1-13(2)6-4-7-14-10(13)12-15-11(16-18-12)9-5-3-8-17-9/h3,5,8,10,14H,4,6-7H2,1-2H3. The quantitative estimate of drug-likeness (QED) is 0.884. The van der Waals surface area contributed by atoms with Crippen LogP contribution in [0.1, 0.15) is 38.6 Å². The van der Waals surface area contributed by atoms with Gasteiger partial charge in [0.2, 0.25) is 11.7 Å². The summed E-state index contributed by atoms with van der Waals surface area (Å²) in [5.74, 6) is 1.79. The molecular weight excluding hydrogens is 230 g/mol. The van der Waals surface area contributed by atoms with E-state index in [0.717, 1.165) is 13.0 Å². The predicted octanol–water partition coefficient (Wildman–Crippen LogP) is 2.78. The molecule has 0 amide bonds. The van der Waals surface area contributed by atoms with Crippen molar-refractivity contribution < 1.29 is 8.94 Å². The highest BCUT2D eigenvalue weighted by atomic mass is 16.5. The van der Waals surface area contributed by atoms with Crippen molar-refractivity contribution in [2.45, 2.75) is 32.7 Å². The molecule has 0 aliphatic carbocycles. The van der Waals surface area contributed by atoms with Crippen LogP contribution in [0.3, 0.4) is 0 Å². The lowest BCUT2D eigenvalue weighted by molar-refractivity contribution is 0.146. The monoisotopic (exact) mass is 247 g/mol. The number of aromatic nitrogens is 2. The molecule has 1 saturated heterocycles. The van der Waals surface area contributed by atoms with E-state index in [9.17, 15) is 0 Å². The number of nitrogens with zero attached hydrogens (tertiary/aromatic N) is 2. The molecule has 0 saturated carbocycles. The van der Waals surface area contributed by atoms with E-state index in [1.807, 2.05) is 12.1 Å². The smallest absolute Gasteiger partial charge is 0.244 e. The number of piperidine rings is 1. The summed E-state index contributed by atoms with van der Waals surface area (Å²) >= 11 is 0. The minimum atomic E-state index is 0.113. The molecule has 1 unspecified atom stereocenters. The average molecular weight is 247 g/mol. The second-order valence-electron chi connectivity index (χ2n) is 5.41. The summed E-state index contributed by atoms with van der Waals surface area (Å²) in [6, 6.07) is 3.75. The van der Waals surface area contributed by atoms with Crippen LogP contribution in [-0.4, -0.2) is 16.7 Å². The van der Waals surface area contributed by atoms with Gasteiger partial charge in [0.05, 0.1) is 12.3 Å². The fourth-order valence-corrected chi connectivity index (χ4v) is 2.49. The van der Waals surface area contributed by atoms with Crippen molar-refractivity contribution in [1.82, 2.24) is 15.5 Å². The Hall–Kier alpha value is -1.62. The lowest BCUT2D eigenvalue weighted by Gasteiger charge is -2.36. The minimum Gasteiger partial charge on any atom is -0.461 e. The Kier molecular flexibility index (Phi) is 2.70. The van der Waals surface area contributed by atoms with Gasteiger partial charge in [-0.05, 0) is 36.9 Å². The highest BCUT2D eigenvalue weighted by molar-refractivity contribution is 5.44. The van der Waals surface area contributed by atoms with Crippen LogP contribution in [0.5, 0.6) is 0 Å². The molecule has 96 valence electrons. The van der Waals surface area contributed by atoms with Gasteiger partial charge in [-0.1, -0.05) is 19.0 Å². The van der Waals surface area contributed by atoms with Crippen molar-refractivity contribution in [1.29, 1.82) is 0 Å². The first-order chi connectivity index (χ1) is 8.67. The van der Waals surface area contributed by atoms with E-state index in [1.165, 1.54) is 6.42 Å². The molecule has 1 aliphatic heterocycles. The van der Waals surface area contributed by atoms with Crippen LogP contribution in [0.4, 0.5) is 0 Å². The summed E-state index contributed by atoms with van der Waals surface area (Å²) in [6.45, 7) is 5.44. The highest BCUT2D eigenvalue weighted by Gasteiger charge is 2.37. The van der Waals surface area contributed by atoms with Crippen LogP contribution in [0.25, 0.3) is 11.6 Å². The largest absolute Gasteiger partial charge is 0.461 e. The summed E-state index contributed by atoms with van der Waals surface area (Å²) in [5, 5.41) is 7.44. The molecule has 1 aliphatic rings. The van der Waals surface area contributed by atoms with Gasteiger partial charge in [-0.25, -0.2) is 0 Å². The van der Waals surface area contributed by atoms with Gasteiger partial charge in [0, 0.05) is 0 Å². The number of nitrogens with one attached hydrogen (secondary N) is 1. The van der Waals surface area contributed by atoms with Crippen molar-refractivity contribution in [2.24, 2.45) is 5.41 Å². The topological polar surface area (TPSA) is 64.1 Å². The number of hydrogen-bond donors (Lipinski definition) is 1. The second kappa shape index (κ2) is 4.24. The van der Waals surface area contributed by atoms with E-state index in [4.69, 9.17) is 8.94 Å². The van der Waals surface area contributed by atoms with Crippen molar-refractivity contribution >= 4 is 0 Å². The first-order valence-corrected chi connectivity index (χ1v) is 6.28. The lowest BCUT2D eigenvalue weighted by Crippen LogP contribution is -2.39. The van der Waals surface area contributed by atoms with E-state index in [2.05, 4.69) is 29.3 Å². The SMILES string of the molecule is CC1(C)CCCNC1c1nc(-c2ccco2)no1. The van der Waals surface area contributed by atoms with E-state index < -0.39 is 0 Å². The third kappa shape index (κ3) is 1.95. The molecule has 18 heavy (non-hydrogen) atoms. The van der Waals surface area contributed by atoms with Gasteiger partial charge in [0.25, 0.3) is 0 Å². The number of furan rings is 1.